The summed E-state index contributed by atoms with van der Waals surface area (Å²) in [6, 6.07) is 8.55. The minimum atomic E-state index is 1.05. The van der Waals surface area contributed by atoms with E-state index in [1.807, 2.05) is 6.20 Å². The van der Waals surface area contributed by atoms with Crippen molar-refractivity contribution in [3.8, 4) is 11.1 Å². The van der Waals surface area contributed by atoms with Gasteiger partial charge < -0.3 is 0 Å². The van der Waals surface area contributed by atoms with Crippen molar-refractivity contribution in [3.63, 3.8) is 0 Å². The second-order valence-corrected chi connectivity index (χ2v) is 4.90. The molecule has 0 saturated carbocycles. The molecule has 16 heavy (non-hydrogen) atoms. The van der Waals surface area contributed by atoms with Gasteiger partial charge in [-0.3, -0.25) is 4.98 Å². The number of hydrogen-bond acceptors (Lipinski definition) is 2. The molecule has 0 radical (unpaired) electrons. The van der Waals surface area contributed by atoms with Crippen LogP contribution in [0.5, 0.6) is 0 Å². The summed E-state index contributed by atoms with van der Waals surface area (Å²) in [5.74, 6) is 0. The molecule has 0 saturated heterocycles. The minimum Gasteiger partial charge on any atom is -0.256 e. The molecule has 0 atom stereocenters. The topological polar surface area (TPSA) is 12.9 Å². The highest BCUT2D eigenvalue weighted by Gasteiger charge is 2.18. The standard InChI is InChI=1S/C14H9NS/c1-2-9-6-10-7-16-8-12(10)11-4-5-15-13(3-1)14(9)11/h1-5,7-8H,6H2. The summed E-state index contributed by atoms with van der Waals surface area (Å²) in [4.78, 5) is 4.45. The molecule has 1 aliphatic carbocycles. The average molecular weight is 223 g/mol. The summed E-state index contributed by atoms with van der Waals surface area (Å²) in [6.07, 6.45) is 2.96. The number of rotatable bonds is 0. The quantitative estimate of drug-likeness (QED) is 0.441. The van der Waals surface area contributed by atoms with Crippen LogP contribution in [0.2, 0.25) is 0 Å². The molecule has 0 spiro atoms. The predicted molar refractivity (Wildman–Crippen MR) is 67.9 cm³/mol. The van der Waals surface area contributed by atoms with Gasteiger partial charge in [0.25, 0.3) is 0 Å². The number of pyridine rings is 1. The fourth-order valence-corrected chi connectivity index (χ4v) is 3.41. The first kappa shape index (κ1) is 8.48. The van der Waals surface area contributed by atoms with Gasteiger partial charge in [-0.1, -0.05) is 12.1 Å². The van der Waals surface area contributed by atoms with Gasteiger partial charge in [-0.15, -0.1) is 0 Å². The third kappa shape index (κ3) is 0.973. The number of fused-ring (bicyclic) bond motifs is 2. The van der Waals surface area contributed by atoms with Crippen molar-refractivity contribution in [2.45, 2.75) is 6.42 Å². The number of nitrogens with zero attached hydrogens (tertiary/aromatic N) is 1. The summed E-state index contributed by atoms with van der Waals surface area (Å²) in [5.41, 5.74) is 6.73. The van der Waals surface area contributed by atoms with Crippen LogP contribution < -0.4 is 0 Å². The van der Waals surface area contributed by atoms with Gasteiger partial charge in [0.1, 0.15) is 0 Å². The van der Waals surface area contributed by atoms with E-state index in [2.05, 4.69) is 40.0 Å². The average Bonchev–Trinajstić information content (AvgIpc) is 2.78. The molecule has 76 valence electrons. The fourth-order valence-electron chi connectivity index (χ4n) is 2.55. The number of thiophene rings is 1. The first-order valence-electron chi connectivity index (χ1n) is 5.35. The molecule has 0 amide bonds. The van der Waals surface area contributed by atoms with Crippen molar-refractivity contribution in [1.82, 2.24) is 4.98 Å². The van der Waals surface area contributed by atoms with Crippen LogP contribution in [0, 0.1) is 0 Å². The Bertz CT molecular complexity index is 692. The zero-order chi connectivity index (χ0) is 10.5. The molecular weight excluding hydrogens is 214 g/mol. The van der Waals surface area contributed by atoms with Crippen LogP contribution in [0.4, 0.5) is 0 Å². The maximum atomic E-state index is 4.45. The largest absolute Gasteiger partial charge is 0.256 e. The molecule has 0 fully saturated rings. The van der Waals surface area contributed by atoms with Crippen molar-refractivity contribution in [1.29, 1.82) is 0 Å². The van der Waals surface area contributed by atoms with Crippen LogP contribution in [-0.2, 0) is 6.42 Å². The van der Waals surface area contributed by atoms with E-state index in [-0.39, 0.29) is 0 Å². The molecule has 1 aliphatic rings. The van der Waals surface area contributed by atoms with E-state index in [1.165, 1.54) is 27.6 Å². The Labute approximate surface area is 97.4 Å². The number of hydrogen-bond donors (Lipinski definition) is 0. The van der Waals surface area contributed by atoms with Gasteiger partial charge in [-0.05, 0) is 51.6 Å². The molecule has 1 nitrogen and oxygen atoms in total. The lowest BCUT2D eigenvalue weighted by atomic mass is 9.88. The van der Waals surface area contributed by atoms with Crippen molar-refractivity contribution in [2.75, 3.05) is 0 Å². The highest BCUT2D eigenvalue weighted by Crippen LogP contribution is 2.39. The summed E-state index contributed by atoms with van der Waals surface area (Å²) >= 11 is 1.79. The van der Waals surface area contributed by atoms with Crippen LogP contribution in [0.15, 0.2) is 41.2 Å². The molecule has 0 N–H and O–H groups in total. The van der Waals surface area contributed by atoms with E-state index in [1.54, 1.807) is 11.3 Å². The summed E-state index contributed by atoms with van der Waals surface area (Å²) in [5, 5.41) is 5.85. The highest BCUT2D eigenvalue weighted by atomic mass is 32.1. The number of aromatic nitrogens is 1. The number of benzene rings is 1. The van der Waals surface area contributed by atoms with E-state index in [4.69, 9.17) is 0 Å². The Balaban J connectivity index is 2.25. The summed E-state index contributed by atoms with van der Waals surface area (Å²) in [6.45, 7) is 0. The van der Waals surface area contributed by atoms with Crippen LogP contribution in [0.3, 0.4) is 0 Å². The van der Waals surface area contributed by atoms with E-state index in [0.29, 0.717) is 0 Å². The Morgan fingerprint density at radius 2 is 2.00 bits per heavy atom. The first-order chi connectivity index (χ1) is 7.93. The Morgan fingerprint density at radius 1 is 1.00 bits per heavy atom. The van der Waals surface area contributed by atoms with Crippen LogP contribution in [0.1, 0.15) is 11.1 Å². The molecule has 2 aromatic heterocycles. The van der Waals surface area contributed by atoms with Gasteiger partial charge in [0.05, 0.1) is 5.52 Å². The van der Waals surface area contributed by atoms with Gasteiger partial charge in [-0.25, -0.2) is 0 Å². The highest BCUT2D eigenvalue weighted by molar-refractivity contribution is 7.08. The van der Waals surface area contributed by atoms with E-state index >= 15 is 0 Å². The third-order valence-corrected chi connectivity index (χ3v) is 4.06. The molecule has 3 aromatic rings. The lowest BCUT2D eigenvalue weighted by molar-refractivity contribution is 1.21. The second kappa shape index (κ2) is 2.92. The third-order valence-electron chi connectivity index (χ3n) is 3.27. The maximum absolute atomic E-state index is 4.45. The smallest absolute Gasteiger partial charge is 0.0711 e. The summed E-state index contributed by atoms with van der Waals surface area (Å²) < 4.78 is 0. The van der Waals surface area contributed by atoms with Crippen LogP contribution >= 0.6 is 11.3 Å². The molecule has 0 unspecified atom stereocenters. The Morgan fingerprint density at radius 3 is 3.00 bits per heavy atom. The lowest BCUT2D eigenvalue weighted by Crippen LogP contribution is -1.98. The van der Waals surface area contributed by atoms with E-state index in [9.17, 15) is 0 Å². The molecule has 1 aromatic carbocycles. The zero-order valence-corrected chi connectivity index (χ0v) is 9.42. The second-order valence-electron chi connectivity index (χ2n) is 4.16. The monoisotopic (exact) mass is 223 g/mol. The van der Waals surface area contributed by atoms with Crippen molar-refractivity contribution < 1.29 is 0 Å². The molecule has 0 bridgehead atoms. The van der Waals surface area contributed by atoms with Gasteiger partial charge in [0.15, 0.2) is 0 Å². The van der Waals surface area contributed by atoms with Crippen LogP contribution in [-0.4, -0.2) is 4.98 Å². The van der Waals surface area contributed by atoms with Crippen molar-refractivity contribution >= 4 is 22.2 Å². The fraction of sp³-hybridized carbons (Fsp3) is 0.0714. The SMILES string of the molecule is c1cc2c3c(ccnc3c1)-c1cscc1C2. The molecule has 2 heterocycles. The molecule has 2 heteroatoms. The van der Waals surface area contributed by atoms with E-state index in [0.717, 1.165) is 11.9 Å². The van der Waals surface area contributed by atoms with Crippen molar-refractivity contribution in [2.24, 2.45) is 0 Å². The van der Waals surface area contributed by atoms with Gasteiger partial charge >= 0.3 is 0 Å². The van der Waals surface area contributed by atoms with Gasteiger partial charge in [0, 0.05) is 11.6 Å². The molecule has 4 rings (SSSR count). The molecular formula is C14H9NS. The predicted octanol–water partition coefficient (Wildman–Crippen LogP) is 3.87. The van der Waals surface area contributed by atoms with E-state index < -0.39 is 0 Å². The Hall–Kier alpha value is -1.67. The molecule has 0 aliphatic heterocycles. The van der Waals surface area contributed by atoms with Crippen LogP contribution in [0.25, 0.3) is 22.0 Å². The first-order valence-corrected chi connectivity index (χ1v) is 6.30. The Kier molecular flexibility index (Phi) is 1.55. The maximum Gasteiger partial charge on any atom is 0.0711 e. The summed E-state index contributed by atoms with van der Waals surface area (Å²) in [7, 11) is 0. The van der Waals surface area contributed by atoms with Crippen molar-refractivity contribution in [3.05, 3.63) is 52.3 Å². The lowest BCUT2D eigenvalue weighted by Gasteiger charge is -2.16. The minimum absolute atomic E-state index is 1.05. The van der Waals surface area contributed by atoms with Gasteiger partial charge in [-0.2, -0.15) is 11.3 Å². The van der Waals surface area contributed by atoms with Gasteiger partial charge in [0.2, 0.25) is 0 Å². The zero-order valence-electron chi connectivity index (χ0n) is 8.60. The normalized spacial score (nSPS) is 12.8.